The minimum Gasteiger partial charge on any atom is -0.488 e. The van der Waals surface area contributed by atoms with Gasteiger partial charge < -0.3 is 9.84 Å². The summed E-state index contributed by atoms with van der Waals surface area (Å²) < 4.78 is 31.4. The molecule has 4 heteroatoms. The molecular formula is C15H14F2O2. The maximum absolute atomic E-state index is 13.2. The third-order valence-electron chi connectivity index (χ3n) is 2.73. The molecule has 0 bridgehead atoms. The third kappa shape index (κ3) is 3.51. The van der Waals surface area contributed by atoms with Gasteiger partial charge in [0.2, 0.25) is 0 Å². The van der Waals surface area contributed by atoms with E-state index < -0.39 is 11.9 Å². The van der Waals surface area contributed by atoms with Crippen LogP contribution in [-0.4, -0.2) is 5.11 Å². The molecule has 19 heavy (non-hydrogen) atoms. The fraction of sp³-hybridized carbons (Fsp3) is 0.200. The van der Waals surface area contributed by atoms with E-state index in [0.717, 1.165) is 5.56 Å². The molecule has 0 aliphatic carbocycles. The minimum atomic E-state index is -0.746. The maximum Gasteiger partial charge on any atom is 0.128 e. The van der Waals surface area contributed by atoms with Crippen LogP contribution in [0.15, 0.2) is 42.5 Å². The van der Waals surface area contributed by atoms with Crippen LogP contribution in [0.3, 0.4) is 0 Å². The Bertz CT molecular complexity index is 551. The molecule has 0 aliphatic heterocycles. The molecule has 1 atom stereocenters. The molecule has 0 heterocycles. The summed E-state index contributed by atoms with van der Waals surface area (Å²) in [5, 5.41) is 9.58. The molecule has 0 saturated heterocycles. The number of hydrogen-bond acceptors (Lipinski definition) is 2. The van der Waals surface area contributed by atoms with Crippen molar-refractivity contribution in [3.05, 3.63) is 65.2 Å². The molecule has 2 rings (SSSR count). The molecule has 2 aromatic carbocycles. The van der Waals surface area contributed by atoms with E-state index in [1.54, 1.807) is 19.1 Å². The monoisotopic (exact) mass is 264 g/mol. The van der Waals surface area contributed by atoms with E-state index in [0.29, 0.717) is 11.3 Å². The van der Waals surface area contributed by atoms with Crippen LogP contribution in [0.4, 0.5) is 8.78 Å². The summed E-state index contributed by atoms with van der Waals surface area (Å²) in [6, 6.07) is 9.84. The molecule has 0 aliphatic rings. The first kappa shape index (κ1) is 13.5. The number of aliphatic hydroxyl groups excluding tert-OH is 1. The lowest BCUT2D eigenvalue weighted by atomic mass is 10.1. The normalized spacial score (nSPS) is 12.2. The van der Waals surface area contributed by atoms with Gasteiger partial charge in [0.15, 0.2) is 0 Å². The highest BCUT2D eigenvalue weighted by atomic mass is 19.1. The molecule has 2 nitrogen and oxygen atoms in total. The van der Waals surface area contributed by atoms with Gasteiger partial charge in [0, 0.05) is 11.6 Å². The highest BCUT2D eigenvalue weighted by Crippen LogP contribution is 2.26. The predicted octanol–water partition coefficient (Wildman–Crippen LogP) is 3.60. The van der Waals surface area contributed by atoms with Crippen molar-refractivity contribution in [2.45, 2.75) is 19.6 Å². The van der Waals surface area contributed by atoms with Crippen molar-refractivity contribution in [2.24, 2.45) is 0 Å². The van der Waals surface area contributed by atoms with E-state index in [-0.39, 0.29) is 12.4 Å². The van der Waals surface area contributed by atoms with E-state index in [1.807, 2.05) is 0 Å². The number of hydrogen-bond donors (Lipinski definition) is 1. The lowest BCUT2D eigenvalue weighted by molar-refractivity contribution is 0.190. The van der Waals surface area contributed by atoms with Crippen molar-refractivity contribution >= 4 is 0 Å². The molecule has 0 spiro atoms. The Morgan fingerprint density at radius 3 is 2.32 bits per heavy atom. The summed E-state index contributed by atoms with van der Waals surface area (Å²) in [4.78, 5) is 0. The van der Waals surface area contributed by atoms with Crippen LogP contribution in [0.2, 0.25) is 0 Å². The Hall–Kier alpha value is -1.94. The molecule has 1 N–H and O–H groups in total. The minimum absolute atomic E-state index is 0.184. The number of ether oxygens (including phenoxy) is 1. The van der Waals surface area contributed by atoms with Gasteiger partial charge in [-0.25, -0.2) is 8.78 Å². The van der Waals surface area contributed by atoms with Crippen molar-refractivity contribution in [3.8, 4) is 5.75 Å². The van der Waals surface area contributed by atoms with Gasteiger partial charge >= 0.3 is 0 Å². The topological polar surface area (TPSA) is 29.5 Å². The van der Waals surface area contributed by atoms with Gasteiger partial charge in [0.05, 0.1) is 6.10 Å². The number of aliphatic hydroxyl groups is 1. The van der Waals surface area contributed by atoms with Crippen molar-refractivity contribution in [1.29, 1.82) is 0 Å². The first-order chi connectivity index (χ1) is 9.06. The Kier molecular flexibility index (Phi) is 4.12. The van der Waals surface area contributed by atoms with Gasteiger partial charge in [-0.15, -0.1) is 0 Å². The summed E-state index contributed by atoms with van der Waals surface area (Å²) in [6.07, 6.45) is -0.746. The van der Waals surface area contributed by atoms with Gasteiger partial charge in [-0.3, -0.25) is 0 Å². The number of rotatable bonds is 4. The summed E-state index contributed by atoms with van der Waals surface area (Å²) in [7, 11) is 0. The highest BCUT2D eigenvalue weighted by Gasteiger charge is 2.10. The standard InChI is InChI=1S/C15H14F2O2/c1-10(18)14-7-6-13(17)8-15(14)19-9-11-2-4-12(16)5-3-11/h2-8,10,18H,9H2,1H3/t10-/m0/s1. The van der Waals surface area contributed by atoms with Crippen LogP contribution in [0.5, 0.6) is 5.75 Å². The second-order valence-electron chi connectivity index (χ2n) is 4.27. The van der Waals surface area contributed by atoms with Crippen LogP contribution >= 0.6 is 0 Å². The van der Waals surface area contributed by atoms with Crippen molar-refractivity contribution in [1.82, 2.24) is 0 Å². The second kappa shape index (κ2) is 5.80. The van der Waals surface area contributed by atoms with Crippen molar-refractivity contribution < 1.29 is 18.6 Å². The van der Waals surface area contributed by atoms with Crippen LogP contribution in [0.25, 0.3) is 0 Å². The average Bonchev–Trinajstić information content (AvgIpc) is 2.38. The number of benzene rings is 2. The molecule has 0 fully saturated rings. The van der Waals surface area contributed by atoms with E-state index >= 15 is 0 Å². The van der Waals surface area contributed by atoms with Gasteiger partial charge in [-0.2, -0.15) is 0 Å². The Labute approximate surface area is 110 Å². The smallest absolute Gasteiger partial charge is 0.128 e. The summed E-state index contributed by atoms with van der Waals surface area (Å²) in [6.45, 7) is 1.77. The van der Waals surface area contributed by atoms with Crippen LogP contribution in [0, 0.1) is 11.6 Å². The first-order valence-electron chi connectivity index (χ1n) is 5.91. The van der Waals surface area contributed by atoms with Crippen molar-refractivity contribution in [3.63, 3.8) is 0 Å². The SMILES string of the molecule is C[C@H](O)c1ccc(F)cc1OCc1ccc(F)cc1. The zero-order valence-electron chi connectivity index (χ0n) is 10.4. The van der Waals surface area contributed by atoms with Gasteiger partial charge in [0.1, 0.15) is 24.0 Å². The van der Waals surface area contributed by atoms with E-state index in [1.165, 1.54) is 30.3 Å². The molecule has 0 aromatic heterocycles. The summed E-state index contributed by atoms with van der Waals surface area (Å²) in [5.41, 5.74) is 1.28. The molecule has 0 saturated carbocycles. The Morgan fingerprint density at radius 1 is 1.05 bits per heavy atom. The molecule has 0 amide bonds. The summed E-state index contributed by atoms with van der Waals surface area (Å²) in [5.74, 6) is -0.461. The largest absolute Gasteiger partial charge is 0.488 e. The maximum atomic E-state index is 13.2. The van der Waals surface area contributed by atoms with Crippen molar-refractivity contribution in [2.75, 3.05) is 0 Å². The molecule has 0 radical (unpaired) electrons. The van der Waals surface area contributed by atoms with Crippen LogP contribution in [-0.2, 0) is 6.61 Å². The molecule has 2 aromatic rings. The Morgan fingerprint density at radius 2 is 1.68 bits per heavy atom. The highest BCUT2D eigenvalue weighted by molar-refractivity contribution is 5.35. The fourth-order valence-electron chi connectivity index (χ4n) is 1.72. The predicted molar refractivity (Wildman–Crippen MR) is 67.8 cm³/mol. The Balaban J connectivity index is 2.14. The molecule has 0 unspecified atom stereocenters. The van der Waals surface area contributed by atoms with E-state index in [2.05, 4.69) is 0 Å². The zero-order chi connectivity index (χ0) is 13.8. The summed E-state index contributed by atoms with van der Waals surface area (Å²) >= 11 is 0. The van der Waals surface area contributed by atoms with E-state index in [4.69, 9.17) is 4.74 Å². The zero-order valence-corrected chi connectivity index (χ0v) is 10.4. The third-order valence-corrected chi connectivity index (χ3v) is 2.73. The van der Waals surface area contributed by atoms with Gasteiger partial charge in [-0.1, -0.05) is 12.1 Å². The fourth-order valence-corrected chi connectivity index (χ4v) is 1.72. The van der Waals surface area contributed by atoms with E-state index in [9.17, 15) is 13.9 Å². The lowest BCUT2D eigenvalue weighted by Crippen LogP contribution is -2.01. The quantitative estimate of drug-likeness (QED) is 0.914. The first-order valence-corrected chi connectivity index (χ1v) is 5.91. The lowest BCUT2D eigenvalue weighted by Gasteiger charge is -2.13. The van der Waals surface area contributed by atoms with Gasteiger partial charge in [0.25, 0.3) is 0 Å². The molecule has 100 valence electrons. The number of halogens is 2. The average molecular weight is 264 g/mol. The van der Waals surface area contributed by atoms with Gasteiger partial charge in [-0.05, 0) is 36.8 Å². The van der Waals surface area contributed by atoms with Crippen LogP contribution in [0.1, 0.15) is 24.2 Å². The van der Waals surface area contributed by atoms with Crippen LogP contribution < -0.4 is 4.74 Å². The second-order valence-corrected chi connectivity index (χ2v) is 4.27. The molecular weight excluding hydrogens is 250 g/mol.